The first-order valence-corrected chi connectivity index (χ1v) is 10.1. The molecule has 1 N–H and O–H groups in total. The fraction of sp³-hybridized carbons (Fsp3) is 0.136. The van der Waals surface area contributed by atoms with Crippen molar-refractivity contribution in [1.29, 1.82) is 0 Å². The number of benzene rings is 2. The lowest BCUT2D eigenvalue weighted by Gasteiger charge is -2.19. The molecule has 0 aliphatic carbocycles. The molecule has 0 bridgehead atoms. The highest BCUT2D eigenvalue weighted by molar-refractivity contribution is 7.99. The molecule has 1 atom stereocenters. The number of hydrogen-bond donors (Lipinski definition) is 1. The summed E-state index contributed by atoms with van der Waals surface area (Å²) in [5.74, 6) is 0.260. The summed E-state index contributed by atoms with van der Waals surface area (Å²) in [6.07, 6.45) is 2.65. The van der Waals surface area contributed by atoms with E-state index in [1.54, 1.807) is 0 Å². The Morgan fingerprint density at radius 1 is 0.929 bits per heavy atom. The molecule has 0 radical (unpaired) electrons. The van der Waals surface area contributed by atoms with Gasteiger partial charge in [-0.25, -0.2) is 0 Å². The molecule has 4 aromatic rings. The molecule has 0 saturated carbocycles. The molecule has 2 heterocycles. The van der Waals surface area contributed by atoms with E-state index in [2.05, 4.69) is 27.6 Å². The van der Waals surface area contributed by atoms with Gasteiger partial charge in [0.25, 0.3) is 0 Å². The van der Waals surface area contributed by atoms with Crippen molar-refractivity contribution in [3.05, 3.63) is 96.2 Å². The second kappa shape index (κ2) is 8.71. The lowest BCUT2D eigenvalue weighted by atomic mass is 9.99. The largest absolute Gasteiger partial charge is 0.348 e. The van der Waals surface area contributed by atoms with Crippen LogP contribution in [0.2, 0.25) is 0 Å². The van der Waals surface area contributed by atoms with Crippen LogP contribution in [0.15, 0.2) is 90.2 Å². The second-order valence-electron chi connectivity index (χ2n) is 6.42. The van der Waals surface area contributed by atoms with Crippen LogP contribution in [0, 0.1) is 0 Å². The average molecular weight is 388 g/mol. The molecule has 1 amide bonds. The first kappa shape index (κ1) is 18.3. The zero-order valence-corrected chi connectivity index (χ0v) is 16.0. The Morgan fingerprint density at radius 2 is 1.64 bits per heavy atom. The van der Waals surface area contributed by atoms with Gasteiger partial charge in [-0.3, -0.25) is 9.20 Å². The molecule has 28 heavy (non-hydrogen) atoms. The van der Waals surface area contributed by atoms with Crippen LogP contribution in [0.4, 0.5) is 0 Å². The number of nitrogens with zero attached hydrogens (tertiary/aromatic N) is 3. The Labute approximate surface area is 167 Å². The molecule has 4 rings (SSSR count). The Bertz CT molecular complexity index is 1050. The maximum absolute atomic E-state index is 12.7. The van der Waals surface area contributed by atoms with Crippen LogP contribution in [-0.4, -0.2) is 26.3 Å². The van der Waals surface area contributed by atoms with E-state index in [1.807, 2.05) is 77.3 Å². The van der Waals surface area contributed by atoms with Crippen LogP contribution >= 0.6 is 11.8 Å². The zero-order valence-electron chi connectivity index (χ0n) is 15.2. The fourth-order valence-corrected chi connectivity index (χ4v) is 3.81. The standard InChI is InChI=1S/C22H20N4OS/c27-21(16-28-22-25-24-20-13-7-8-14-26(20)22)23-19(18-11-5-2-6-12-18)15-17-9-3-1-4-10-17/h1-14,19H,15-16H2,(H,23,27)/t19-/m1/s1. The minimum atomic E-state index is -0.0770. The van der Waals surface area contributed by atoms with Gasteiger partial charge in [-0.1, -0.05) is 78.5 Å². The van der Waals surface area contributed by atoms with E-state index in [-0.39, 0.29) is 17.7 Å². The van der Waals surface area contributed by atoms with E-state index in [9.17, 15) is 4.79 Å². The summed E-state index contributed by atoms with van der Waals surface area (Å²) < 4.78 is 1.89. The molecule has 0 unspecified atom stereocenters. The minimum absolute atomic E-state index is 0.0255. The van der Waals surface area contributed by atoms with Crippen molar-refractivity contribution >= 4 is 23.3 Å². The maximum Gasteiger partial charge on any atom is 0.230 e. The molecule has 2 aromatic carbocycles. The van der Waals surface area contributed by atoms with Gasteiger partial charge in [0.05, 0.1) is 11.8 Å². The van der Waals surface area contributed by atoms with Gasteiger partial charge in [0.15, 0.2) is 10.8 Å². The van der Waals surface area contributed by atoms with Crippen LogP contribution in [0.25, 0.3) is 5.65 Å². The number of rotatable bonds is 7. The Kier molecular flexibility index (Phi) is 5.68. The molecule has 0 aliphatic heterocycles. The third kappa shape index (κ3) is 4.40. The molecular formula is C22H20N4OS. The maximum atomic E-state index is 12.7. The van der Waals surface area contributed by atoms with Crippen LogP contribution < -0.4 is 5.32 Å². The molecule has 6 heteroatoms. The molecule has 140 valence electrons. The number of fused-ring (bicyclic) bond motifs is 1. The van der Waals surface area contributed by atoms with E-state index < -0.39 is 0 Å². The molecule has 0 spiro atoms. The van der Waals surface area contributed by atoms with Crippen molar-refractivity contribution in [3.63, 3.8) is 0 Å². The summed E-state index contributed by atoms with van der Waals surface area (Å²) >= 11 is 1.39. The highest BCUT2D eigenvalue weighted by atomic mass is 32.2. The van der Waals surface area contributed by atoms with Crippen LogP contribution in [0.5, 0.6) is 0 Å². The van der Waals surface area contributed by atoms with Crippen molar-refractivity contribution in [3.8, 4) is 0 Å². The van der Waals surface area contributed by atoms with Gasteiger partial charge in [-0.15, -0.1) is 10.2 Å². The van der Waals surface area contributed by atoms with Gasteiger partial charge >= 0.3 is 0 Å². The van der Waals surface area contributed by atoms with Crippen molar-refractivity contribution in [2.75, 3.05) is 5.75 Å². The van der Waals surface area contributed by atoms with Gasteiger partial charge in [-0.05, 0) is 29.7 Å². The minimum Gasteiger partial charge on any atom is -0.348 e. The number of amides is 1. The van der Waals surface area contributed by atoms with Gasteiger partial charge in [-0.2, -0.15) is 0 Å². The lowest BCUT2D eigenvalue weighted by molar-refractivity contribution is -0.119. The molecule has 0 saturated heterocycles. The van der Waals surface area contributed by atoms with Crippen LogP contribution in [0.1, 0.15) is 17.2 Å². The van der Waals surface area contributed by atoms with Crippen molar-refractivity contribution in [2.24, 2.45) is 0 Å². The van der Waals surface area contributed by atoms with Crippen molar-refractivity contribution < 1.29 is 4.79 Å². The summed E-state index contributed by atoms with van der Waals surface area (Å²) in [7, 11) is 0. The highest BCUT2D eigenvalue weighted by Gasteiger charge is 2.16. The molecule has 2 aromatic heterocycles. The number of thioether (sulfide) groups is 1. The van der Waals surface area contributed by atoms with Gasteiger partial charge in [0, 0.05) is 6.20 Å². The Hall–Kier alpha value is -3.12. The molecule has 0 fully saturated rings. The van der Waals surface area contributed by atoms with E-state index in [4.69, 9.17) is 0 Å². The first-order chi connectivity index (χ1) is 13.8. The first-order valence-electron chi connectivity index (χ1n) is 9.10. The number of carbonyl (C=O) groups excluding carboxylic acids is 1. The second-order valence-corrected chi connectivity index (χ2v) is 7.36. The van der Waals surface area contributed by atoms with E-state index >= 15 is 0 Å². The summed E-state index contributed by atoms with van der Waals surface area (Å²) in [4.78, 5) is 12.7. The Balaban J connectivity index is 1.44. The third-order valence-electron chi connectivity index (χ3n) is 4.43. The number of pyridine rings is 1. The monoisotopic (exact) mass is 388 g/mol. The predicted molar refractivity (Wildman–Crippen MR) is 111 cm³/mol. The quantitative estimate of drug-likeness (QED) is 0.488. The summed E-state index contributed by atoms with van der Waals surface area (Å²) in [5, 5.41) is 12.2. The lowest BCUT2D eigenvalue weighted by Crippen LogP contribution is -2.31. The molecule has 0 aliphatic rings. The molecule has 5 nitrogen and oxygen atoms in total. The van der Waals surface area contributed by atoms with Crippen LogP contribution in [0.3, 0.4) is 0 Å². The van der Waals surface area contributed by atoms with Gasteiger partial charge < -0.3 is 5.32 Å². The smallest absolute Gasteiger partial charge is 0.230 e. The number of carbonyl (C=O) groups is 1. The van der Waals surface area contributed by atoms with Crippen LogP contribution in [-0.2, 0) is 11.2 Å². The van der Waals surface area contributed by atoms with E-state index in [1.165, 1.54) is 17.3 Å². The number of hydrogen-bond acceptors (Lipinski definition) is 4. The fourth-order valence-electron chi connectivity index (χ4n) is 3.07. The van der Waals surface area contributed by atoms with Gasteiger partial charge in [0.1, 0.15) is 0 Å². The topological polar surface area (TPSA) is 59.3 Å². The Morgan fingerprint density at radius 3 is 2.43 bits per heavy atom. The summed E-state index contributed by atoms with van der Waals surface area (Å²) in [6.45, 7) is 0. The van der Waals surface area contributed by atoms with Crippen molar-refractivity contribution in [1.82, 2.24) is 19.9 Å². The summed E-state index contributed by atoms with van der Waals surface area (Å²) in [5.41, 5.74) is 3.06. The SMILES string of the molecule is O=C(CSc1nnc2ccccn12)N[C@H](Cc1ccccc1)c1ccccc1. The normalized spacial score (nSPS) is 12.0. The molecular weight excluding hydrogens is 368 g/mol. The number of nitrogens with one attached hydrogen (secondary N) is 1. The average Bonchev–Trinajstić information content (AvgIpc) is 3.16. The number of aromatic nitrogens is 3. The van der Waals surface area contributed by atoms with E-state index in [0.29, 0.717) is 5.16 Å². The summed E-state index contributed by atoms with van der Waals surface area (Å²) in [6, 6.07) is 25.9. The zero-order chi connectivity index (χ0) is 19.2. The van der Waals surface area contributed by atoms with Gasteiger partial charge in [0.2, 0.25) is 5.91 Å². The highest BCUT2D eigenvalue weighted by Crippen LogP contribution is 2.20. The van der Waals surface area contributed by atoms with E-state index in [0.717, 1.165) is 17.6 Å². The van der Waals surface area contributed by atoms with Crippen molar-refractivity contribution in [2.45, 2.75) is 17.6 Å². The predicted octanol–water partition coefficient (Wildman–Crippen LogP) is 3.92. The third-order valence-corrected chi connectivity index (χ3v) is 5.38.